The molecule has 0 heterocycles. The molecule has 1 atom stereocenters. The van der Waals surface area contributed by atoms with Crippen molar-refractivity contribution in [1.82, 2.24) is 0 Å². The largest absolute Gasteiger partial charge is 0.478 e. The van der Waals surface area contributed by atoms with Crippen molar-refractivity contribution in [1.29, 1.82) is 0 Å². The van der Waals surface area contributed by atoms with Crippen LogP contribution in [0.25, 0.3) is 0 Å². The van der Waals surface area contributed by atoms with Crippen molar-refractivity contribution in [2.24, 2.45) is 0 Å². The quantitative estimate of drug-likeness (QED) is 0.488. The number of aliphatic carboxylic acids is 1. The summed E-state index contributed by atoms with van der Waals surface area (Å²) in [5.41, 5.74) is 0. The van der Waals surface area contributed by atoms with Crippen molar-refractivity contribution >= 4 is 5.97 Å². The average molecular weight is 184 g/mol. The van der Waals surface area contributed by atoms with Crippen molar-refractivity contribution in [2.75, 3.05) is 0 Å². The number of carboxylic acid groups (broad SMARTS) is 1. The third kappa shape index (κ3) is 8.82. The Hall–Kier alpha value is -1.09. The first kappa shape index (κ1) is 11.9. The zero-order valence-electron chi connectivity index (χ0n) is 7.81. The van der Waals surface area contributed by atoms with Gasteiger partial charge in [0.1, 0.15) is 0 Å². The van der Waals surface area contributed by atoms with Gasteiger partial charge < -0.3 is 10.2 Å². The van der Waals surface area contributed by atoms with E-state index < -0.39 is 12.1 Å². The van der Waals surface area contributed by atoms with E-state index in [1.807, 2.05) is 19.1 Å². The van der Waals surface area contributed by atoms with Crippen LogP contribution in [0.3, 0.4) is 0 Å². The zero-order valence-corrected chi connectivity index (χ0v) is 7.81. The normalized spacial score (nSPS) is 14.0. The SMILES string of the molecule is CC/C=C/CC(O)C/C=C/C(=O)O. The molecule has 0 saturated carbocycles. The summed E-state index contributed by atoms with van der Waals surface area (Å²) < 4.78 is 0. The summed E-state index contributed by atoms with van der Waals surface area (Å²) in [4.78, 5) is 10.1. The first-order valence-corrected chi connectivity index (χ1v) is 4.39. The molecule has 0 aliphatic rings. The van der Waals surface area contributed by atoms with Gasteiger partial charge in [-0.15, -0.1) is 0 Å². The van der Waals surface area contributed by atoms with Gasteiger partial charge in [0, 0.05) is 6.08 Å². The fourth-order valence-electron chi connectivity index (χ4n) is 0.842. The van der Waals surface area contributed by atoms with E-state index in [-0.39, 0.29) is 0 Å². The second kappa shape index (κ2) is 7.55. The number of carbonyl (C=O) groups is 1. The van der Waals surface area contributed by atoms with E-state index in [9.17, 15) is 9.90 Å². The molecule has 2 N–H and O–H groups in total. The average Bonchev–Trinajstić information content (AvgIpc) is 2.04. The van der Waals surface area contributed by atoms with Crippen LogP contribution in [-0.4, -0.2) is 22.3 Å². The molecule has 0 aliphatic heterocycles. The van der Waals surface area contributed by atoms with Gasteiger partial charge in [0.05, 0.1) is 6.10 Å². The molecule has 0 amide bonds. The minimum atomic E-state index is -0.976. The highest BCUT2D eigenvalue weighted by Crippen LogP contribution is 2.00. The molecule has 0 bridgehead atoms. The lowest BCUT2D eigenvalue weighted by Gasteiger charge is -2.02. The molecular weight excluding hydrogens is 168 g/mol. The van der Waals surface area contributed by atoms with E-state index in [0.717, 1.165) is 12.5 Å². The van der Waals surface area contributed by atoms with Gasteiger partial charge in [0.2, 0.25) is 0 Å². The number of aliphatic hydroxyl groups is 1. The number of carboxylic acids is 1. The lowest BCUT2D eigenvalue weighted by molar-refractivity contribution is -0.131. The first-order valence-electron chi connectivity index (χ1n) is 4.39. The van der Waals surface area contributed by atoms with Crippen LogP contribution in [0.1, 0.15) is 26.2 Å². The standard InChI is InChI=1S/C10H16O3/c1-2-3-4-6-9(11)7-5-8-10(12)13/h3-5,8-9,11H,2,6-7H2,1H3,(H,12,13)/b4-3+,8-5+. The smallest absolute Gasteiger partial charge is 0.327 e. The Labute approximate surface area is 78.4 Å². The lowest BCUT2D eigenvalue weighted by atomic mass is 10.1. The van der Waals surface area contributed by atoms with Gasteiger partial charge in [-0.05, 0) is 19.3 Å². The van der Waals surface area contributed by atoms with E-state index in [2.05, 4.69) is 0 Å². The van der Waals surface area contributed by atoms with Crippen LogP contribution in [0.15, 0.2) is 24.3 Å². The predicted octanol–water partition coefficient (Wildman–Crippen LogP) is 1.73. The molecule has 0 rings (SSSR count). The molecule has 0 aliphatic carbocycles. The van der Waals surface area contributed by atoms with Crippen LogP contribution < -0.4 is 0 Å². The van der Waals surface area contributed by atoms with E-state index >= 15 is 0 Å². The molecular formula is C10H16O3. The van der Waals surface area contributed by atoms with Crippen LogP contribution >= 0.6 is 0 Å². The maximum Gasteiger partial charge on any atom is 0.327 e. The Bertz CT molecular complexity index is 194. The highest BCUT2D eigenvalue weighted by Gasteiger charge is 1.97. The molecule has 0 saturated heterocycles. The van der Waals surface area contributed by atoms with Gasteiger partial charge in [-0.25, -0.2) is 4.79 Å². The van der Waals surface area contributed by atoms with Gasteiger partial charge in [0.25, 0.3) is 0 Å². The molecule has 0 aromatic heterocycles. The fraction of sp³-hybridized carbons (Fsp3) is 0.500. The third-order valence-corrected chi connectivity index (χ3v) is 1.48. The molecule has 0 fully saturated rings. The summed E-state index contributed by atoms with van der Waals surface area (Å²) in [6, 6.07) is 0. The van der Waals surface area contributed by atoms with Crippen LogP contribution in [-0.2, 0) is 4.79 Å². The molecule has 0 radical (unpaired) electrons. The molecule has 1 unspecified atom stereocenters. The first-order chi connectivity index (χ1) is 6.16. The molecule has 74 valence electrons. The third-order valence-electron chi connectivity index (χ3n) is 1.48. The Morgan fingerprint density at radius 2 is 1.92 bits per heavy atom. The number of aliphatic hydroxyl groups excluding tert-OH is 1. The molecule has 3 heteroatoms. The maximum atomic E-state index is 10.1. The van der Waals surface area contributed by atoms with E-state index in [1.54, 1.807) is 0 Å². The monoisotopic (exact) mass is 184 g/mol. The van der Waals surface area contributed by atoms with Crippen molar-refractivity contribution in [3.63, 3.8) is 0 Å². The van der Waals surface area contributed by atoms with Crippen molar-refractivity contribution in [3.8, 4) is 0 Å². The highest BCUT2D eigenvalue weighted by atomic mass is 16.4. The highest BCUT2D eigenvalue weighted by molar-refractivity contribution is 5.79. The van der Waals surface area contributed by atoms with E-state index in [1.165, 1.54) is 6.08 Å². The van der Waals surface area contributed by atoms with E-state index in [0.29, 0.717) is 12.8 Å². The zero-order chi connectivity index (χ0) is 10.1. The van der Waals surface area contributed by atoms with Gasteiger partial charge in [-0.1, -0.05) is 25.2 Å². The number of rotatable bonds is 6. The Balaban J connectivity index is 3.56. The summed E-state index contributed by atoms with van der Waals surface area (Å²) in [6.45, 7) is 2.02. The Morgan fingerprint density at radius 3 is 2.46 bits per heavy atom. The number of hydrogen-bond acceptors (Lipinski definition) is 2. The topological polar surface area (TPSA) is 57.5 Å². The van der Waals surface area contributed by atoms with Crippen molar-refractivity contribution in [2.45, 2.75) is 32.3 Å². The van der Waals surface area contributed by atoms with Crippen LogP contribution in [0.5, 0.6) is 0 Å². The van der Waals surface area contributed by atoms with Crippen molar-refractivity contribution in [3.05, 3.63) is 24.3 Å². The molecule has 13 heavy (non-hydrogen) atoms. The predicted molar refractivity (Wildman–Crippen MR) is 51.4 cm³/mol. The molecule has 0 spiro atoms. The second-order valence-corrected chi connectivity index (χ2v) is 2.75. The summed E-state index contributed by atoms with van der Waals surface area (Å²) >= 11 is 0. The Kier molecular flexibility index (Phi) is 6.92. The number of hydrogen-bond donors (Lipinski definition) is 2. The van der Waals surface area contributed by atoms with Gasteiger partial charge >= 0.3 is 5.97 Å². The van der Waals surface area contributed by atoms with Gasteiger partial charge in [0.15, 0.2) is 0 Å². The second-order valence-electron chi connectivity index (χ2n) is 2.75. The summed E-state index contributed by atoms with van der Waals surface area (Å²) in [5.74, 6) is -0.976. The summed E-state index contributed by atoms with van der Waals surface area (Å²) in [7, 11) is 0. The Morgan fingerprint density at radius 1 is 1.31 bits per heavy atom. The molecule has 0 aromatic rings. The minimum absolute atomic E-state index is 0.389. The van der Waals surface area contributed by atoms with Crippen LogP contribution in [0, 0.1) is 0 Å². The van der Waals surface area contributed by atoms with E-state index in [4.69, 9.17) is 5.11 Å². The minimum Gasteiger partial charge on any atom is -0.478 e. The van der Waals surface area contributed by atoms with Gasteiger partial charge in [-0.3, -0.25) is 0 Å². The van der Waals surface area contributed by atoms with Gasteiger partial charge in [-0.2, -0.15) is 0 Å². The lowest BCUT2D eigenvalue weighted by Crippen LogP contribution is -2.02. The molecule has 3 nitrogen and oxygen atoms in total. The molecule has 0 aromatic carbocycles. The van der Waals surface area contributed by atoms with Crippen LogP contribution in [0.4, 0.5) is 0 Å². The van der Waals surface area contributed by atoms with Crippen LogP contribution in [0.2, 0.25) is 0 Å². The van der Waals surface area contributed by atoms with Crippen molar-refractivity contribution < 1.29 is 15.0 Å². The maximum absolute atomic E-state index is 10.1. The summed E-state index contributed by atoms with van der Waals surface area (Å²) in [5, 5.41) is 17.6. The number of allylic oxidation sites excluding steroid dienone is 1. The fourth-order valence-corrected chi connectivity index (χ4v) is 0.842. The summed E-state index contributed by atoms with van der Waals surface area (Å²) in [6.07, 6.45) is 7.84.